The first-order valence-electron chi connectivity index (χ1n) is 25.4. The molecular weight excluding hydrogens is 908 g/mol. The molecule has 11 aromatic rings. The number of para-hydroxylation sites is 1. The Labute approximate surface area is 432 Å². The third-order valence-electron chi connectivity index (χ3n) is 14.9. The summed E-state index contributed by atoms with van der Waals surface area (Å²) in [5.41, 5.74) is 20.5. The van der Waals surface area contributed by atoms with Gasteiger partial charge in [-0.05, 0) is 123 Å². The van der Waals surface area contributed by atoms with Gasteiger partial charge in [-0.1, -0.05) is 181 Å². The maximum absolute atomic E-state index is 7.56. The molecule has 0 aliphatic carbocycles. The average molecular weight is 963 g/mol. The number of hydrogen-bond donors (Lipinski definition) is 0. The zero-order chi connectivity index (χ0) is 49.8. The first-order valence-corrected chi connectivity index (χ1v) is 26.3. The van der Waals surface area contributed by atoms with Crippen LogP contribution in [0.1, 0.15) is 58.2 Å². The molecule has 0 bridgehead atoms. The van der Waals surface area contributed by atoms with Crippen LogP contribution in [0.5, 0.6) is 11.5 Å². The van der Waals surface area contributed by atoms with E-state index in [1.165, 1.54) is 59.3 Å². The third-order valence-corrected chi connectivity index (χ3v) is 16.2. The fourth-order valence-electron chi connectivity index (χ4n) is 11.3. The summed E-state index contributed by atoms with van der Waals surface area (Å²) in [5, 5.41) is 2.27. The number of benzene rings is 9. The van der Waals surface area contributed by atoms with Crippen molar-refractivity contribution >= 4 is 89.8 Å². The van der Waals surface area contributed by atoms with Crippen LogP contribution in [0, 0.1) is 6.92 Å². The zero-order valence-corrected chi connectivity index (χ0v) is 43.1. The fourth-order valence-corrected chi connectivity index (χ4v) is 12.7. The van der Waals surface area contributed by atoms with Gasteiger partial charge in [-0.25, -0.2) is 0 Å². The number of nitrogens with zero attached hydrogens (tertiary/aromatic N) is 2. The molecule has 0 spiro atoms. The van der Waals surface area contributed by atoms with Gasteiger partial charge in [-0.3, -0.25) is 0 Å². The Morgan fingerprint density at radius 3 is 1.67 bits per heavy atom. The van der Waals surface area contributed by atoms with E-state index in [0.29, 0.717) is 5.75 Å². The highest BCUT2D eigenvalue weighted by Crippen LogP contribution is 2.52. The van der Waals surface area contributed by atoms with E-state index < -0.39 is 0 Å². The molecule has 2 aromatic heterocycles. The number of anilines is 6. The van der Waals surface area contributed by atoms with Crippen LogP contribution < -0.4 is 31.1 Å². The molecule has 0 N–H and O–H groups in total. The van der Waals surface area contributed by atoms with Crippen LogP contribution in [0.2, 0.25) is 0 Å². The van der Waals surface area contributed by atoms with E-state index in [1.807, 2.05) is 29.5 Å². The van der Waals surface area contributed by atoms with Crippen molar-refractivity contribution in [3.63, 3.8) is 0 Å². The molecule has 0 radical (unpaired) electrons. The van der Waals surface area contributed by atoms with E-state index in [1.54, 1.807) is 0 Å². The van der Waals surface area contributed by atoms with Crippen molar-refractivity contribution in [2.45, 2.75) is 59.3 Å². The summed E-state index contributed by atoms with van der Waals surface area (Å²) in [5.74, 6) is 1.50. The van der Waals surface area contributed by atoms with Gasteiger partial charge < -0.3 is 19.0 Å². The lowest BCUT2D eigenvalue weighted by Crippen LogP contribution is -2.61. The van der Waals surface area contributed by atoms with E-state index in [-0.39, 0.29) is 17.5 Å². The van der Waals surface area contributed by atoms with Gasteiger partial charge >= 0.3 is 0 Å². The molecule has 0 atom stereocenters. The smallest absolute Gasteiger partial charge is 0.298 e. The summed E-state index contributed by atoms with van der Waals surface area (Å²) in [6.07, 6.45) is 0. The normalized spacial score (nSPS) is 13.1. The molecule has 4 heterocycles. The second-order valence-corrected chi connectivity index (χ2v) is 22.8. The maximum Gasteiger partial charge on any atom is 0.298 e. The lowest BCUT2D eigenvalue weighted by molar-refractivity contribution is 0.484. The maximum atomic E-state index is 7.56. The van der Waals surface area contributed by atoms with Crippen molar-refractivity contribution in [2.75, 3.05) is 9.80 Å². The molecule has 0 amide bonds. The quantitative estimate of drug-likeness (QED) is 0.149. The summed E-state index contributed by atoms with van der Waals surface area (Å²) >= 11 is 1.90. The Balaban J connectivity index is 1.11. The first kappa shape index (κ1) is 44.9. The van der Waals surface area contributed by atoms with Crippen LogP contribution >= 0.6 is 11.3 Å². The topological polar surface area (TPSA) is 28.9 Å². The minimum absolute atomic E-state index is 0.00686. The number of hydrogen-bond acceptors (Lipinski definition) is 5. The second-order valence-electron chi connectivity index (χ2n) is 21.8. The Morgan fingerprint density at radius 1 is 0.493 bits per heavy atom. The summed E-state index contributed by atoms with van der Waals surface area (Å²) < 4.78 is 15.7. The number of rotatable bonds is 7. The predicted octanol–water partition coefficient (Wildman–Crippen LogP) is 17.4. The number of thiophene rings is 1. The standard InChI is InChI=1S/C67H55BN2O2S/c1-42-39-55-60-56(40-42)70(49-33-29-47(30-34-49)67(5,6)7)62-52-36-35-50(71-57-26-18-17-25-51(57)43-19-11-8-12-20-43)41-58(52)72-65(62)68(60)61-54(69(55)48-31-27-46(28-32-48)66(2,3)4)38-37-53-59(44-21-13-9-14-22-44)63(73-64(53)61)45-23-15-10-16-24-45/h8-41H,1-7H3. The van der Waals surface area contributed by atoms with Crippen molar-refractivity contribution in [1.82, 2.24) is 0 Å². The third kappa shape index (κ3) is 7.49. The Bertz CT molecular complexity index is 3900. The SMILES string of the molecule is Cc1cc2c3c(c1)N(c1ccc(C(C)(C)C)cc1)c1c(oc4cc(Oc5ccccc5-c5ccccc5)ccc14)B3c1c(ccc3c(-c4ccccc4)c(-c4ccccc4)sc13)N2c1ccc(C(C)(C)C)cc1. The van der Waals surface area contributed by atoms with Crippen molar-refractivity contribution in [3.8, 4) is 44.2 Å². The summed E-state index contributed by atoms with van der Waals surface area (Å²) in [7, 11) is 0. The zero-order valence-electron chi connectivity index (χ0n) is 42.3. The van der Waals surface area contributed by atoms with Crippen LogP contribution in [-0.2, 0) is 10.8 Å². The predicted molar refractivity (Wildman–Crippen MR) is 311 cm³/mol. The van der Waals surface area contributed by atoms with Crippen molar-refractivity contribution in [3.05, 3.63) is 223 Å². The number of furan rings is 1. The second kappa shape index (κ2) is 17.0. The molecule has 6 heteroatoms. The Hall–Kier alpha value is -8.06. The molecule has 2 aliphatic rings. The monoisotopic (exact) mass is 962 g/mol. The highest BCUT2D eigenvalue weighted by Gasteiger charge is 2.48. The van der Waals surface area contributed by atoms with Crippen LogP contribution in [-0.4, -0.2) is 6.71 Å². The highest BCUT2D eigenvalue weighted by atomic mass is 32.1. The lowest BCUT2D eigenvalue weighted by Gasteiger charge is -2.43. The van der Waals surface area contributed by atoms with Gasteiger partial charge in [0, 0.05) is 66.0 Å². The summed E-state index contributed by atoms with van der Waals surface area (Å²) in [4.78, 5) is 6.26. The molecular formula is C67H55BN2O2S. The van der Waals surface area contributed by atoms with Gasteiger partial charge in [-0.15, -0.1) is 11.3 Å². The first-order chi connectivity index (χ1) is 35.4. The fraction of sp³-hybridized carbons (Fsp3) is 0.134. The van der Waals surface area contributed by atoms with Gasteiger partial charge in [0.05, 0.1) is 11.3 Å². The molecule has 0 unspecified atom stereocenters. The minimum Gasteiger partial charge on any atom is -0.468 e. The molecule has 0 fully saturated rings. The summed E-state index contributed by atoms with van der Waals surface area (Å²) in [6.45, 7) is 15.7. The molecule has 354 valence electrons. The van der Waals surface area contributed by atoms with E-state index in [4.69, 9.17) is 9.15 Å². The molecule has 0 saturated heterocycles. The Morgan fingerprint density at radius 2 is 1.04 bits per heavy atom. The van der Waals surface area contributed by atoms with Crippen LogP contribution in [0.4, 0.5) is 34.1 Å². The van der Waals surface area contributed by atoms with Crippen LogP contribution in [0.15, 0.2) is 211 Å². The van der Waals surface area contributed by atoms with Crippen molar-refractivity contribution in [1.29, 1.82) is 0 Å². The molecule has 13 rings (SSSR count). The van der Waals surface area contributed by atoms with Crippen molar-refractivity contribution in [2.24, 2.45) is 0 Å². The molecule has 4 nitrogen and oxygen atoms in total. The molecule has 73 heavy (non-hydrogen) atoms. The minimum atomic E-state index is -0.254. The van der Waals surface area contributed by atoms with Crippen molar-refractivity contribution < 1.29 is 9.15 Å². The summed E-state index contributed by atoms with van der Waals surface area (Å²) in [6, 6.07) is 74.9. The molecule has 9 aromatic carbocycles. The Kier molecular flexibility index (Phi) is 10.5. The van der Waals surface area contributed by atoms with E-state index >= 15 is 0 Å². The van der Waals surface area contributed by atoms with E-state index in [0.717, 1.165) is 67.6 Å². The average Bonchev–Trinajstić information content (AvgIpc) is 3.98. The van der Waals surface area contributed by atoms with E-state index in [2.05, 4.69) is 246 Å². The van der Waals surface area contributed by atoms with Gasteiger partial charge in [-0.2, -0.15) is 0 Å². The number of ether oxygens (including phenoxy) is 1. The highest BCUT2D eigenvalue weighted by molar-refractivity contribution is 7.25. The number of aryl methyl sites for hydroxylation is 1. The van der Waals surface area contributed by atoms with Crippen LogP contribution in [0.3, 0.4) is 0 Å². The number of fused-ring (bicyclic) bond motifs is 8. The van der Waals surface area contributed by atoms with Gasteiger partial charge in [0.25, 0.3) is 6.71 Å². The molecule has 0 saturated carbocycles. The molecule has 2 aliphatic heterocycles. The van der Waals surface area contributed by atoms with E-state index in [9.17, 15) is 0 Å². The van der Waals surface area contributed by atoms with Crippen LogP contribution in [0.25, 0.3) is 53.7 Å². The lowest BCUT2D eigenvalue weighted by atomic mass is 9.35. The van der Waals surface area contributed by atoms with Gasteiger partial charge in [0.1, 0.15) is 17.1 Å². The largest absolute Gasteiger partial charge is 0.468 e. The van der Waals surface area contributed by atoms with Gasteiger partial charge in [0.2, 0.25) is 0 Å². The van der Waals surface area contributed by atoms with Gasteiger partial charge in [0.15, 0.2) is 0 Å².